The molecule has 0 atom stereocenters. The largest absolute Gasteiger partial charge is 0 e. The first-order valence-electron chi connectivity index (χ1n) is 0. The fourth-order valence-corrected chi connectivity index (χ4v) is 0. The molecule has 0 aliphatic carbocycles. The first-order chi connectivity index (χ1) is 0. The van der Waals surface area contributed by atoms with Crippen molar-refractivity contribution in [3.05, 3.63) is 0 Å². The van der Waals surface area contributed by atoms with Gasteiger partial charge in [0.25, 0.3) is 0 Å². The molecule has 0 spiro atoms. The Morgan fingerprint density at radius 1 is 0.500 bits per heavy atom. The second-order valence-corrected chi connectivity index (χ2v) is 0. The molecule has 0 nitrogen and oxygen atoms in total. The normalized spacial score (nSPS) is 0. The minimum absolute atomic E-state index is 0. The maximum absolute atomic E-state index is 0. The van der Waals surface area contributed by atoms with Crippen LogP contribution in [0.15, 0.2) is 0 Å². The zero-order valence-electron chi connectivity index (χ0n) is 1.33. The standard InChI is InChI=1S/4Rh.H2/h;;;;1H. The molecule has 0 aliphatic heterocycles. The minimum atomic E-state index is 0. The van der Waals surface area contributed by atoms with Gasteiger partial charge in [0.1, 0.15) is 0 Å². The van der Waals surface area contributed by atoms with Crippen LogP contribution in [0.2, 0.25) is 0 Å². The molecule has 4 heavy (non-hydrogen) atoms. The zero-order chi connectivity index (χ0) is 0. The molecule has 0 aromatic rings. The van der Waals surface area contributed by atoms with Crippen molar-refractivity contribution < 1.29 is 79.3 Å². The topological polar surface area (TPSA) is 0 Å². The summed E-state index contributed by atoms with van der Waals surface area (Å²) in [7, 11) is 0. The minimum Gasteiger partial charge on any atom is 0 e. The molecule has 4 radical (unpaired) electrons. The van der Waals surface area contributed by atoms with Crippen LogP contribution in [0.4, 0.5) is 0 Å². The smallest absolute Gasteiger partial charge is 0 e. The van der Waals surface area contributed by atoms with E-state index in [1.54, 1.807) is 0 Å². The average Bonchev–Trinajstić information content (AvgIpc) is 0. The van der Waals surface area contributed by atoms with E-state index in [2.05, 4.69) is 0 Å². The number of hydrogen-bond donors (Lipinski definition) is 0. The average molecular weight is 414 g/mol. The predicted molar refractivity (Wildman–Crippen MR) is 2.11 cm³/mol. The van der Waals surface area contributed by atoms with Gasteiger partial charge in [-0.1, -0.05) is 0 Å². The number of rotatable bonds is 0. The van der Waals surface area contributed by atoms with Crippen molar-refractivity contribution in [2.45, 2.75) is 0 Å². The van der Waals surface area contributed by atoms with Crippen molar-refractivity contribution in [3.63, 3.8) is 0 Å². The Hall–Kier alpha value is 2.49. The molecule has 0 aliphatic rings. The van der Waals surface area contributed by atoms with Crippen LogP contribution >= 0.6 is 0 Å². The Balaban J connectivity index is 0. The predicted octanol–water partition coefficient (Wildman–Crippen LogP) is 0.236. The van der Waals surface area contributed by atoms with Crippen molar-refractivity contribution in [2.75, 3.05) is 0 Å². The molecule has 0 amide bonds. The molecular formula is H2Rh4. The summed E-state index contributed by atoms with van der Waals surface area (Å²) in [5.41, 5.74) is 0. The maximum Gasteiger partial charge on any atom is 0 e. The van der Waals surface area contributed by atoms with E-state index in [4.69, 9.17) is 0 Å². The van der Waals surface area contributed by atoms with Crippen LogP contribution < -0.4 is 0 Å². The van der Waals surface area contributed by atoms with Gasteiger partial charge in [-0.25, -0.2) is 0 Å². The van der Waals surface area contributed by atoms with E-state index >= 15 is 0 Å². The van der Waals surface area contributed by atoms with E-state index in [1.165, 1.54) is 0 Å². The van der Waals surface area contributed by atoms with Gasteiger partial charge in [-0.2, -0.15) is 0 Å². The van der Waals surface area contributed by atoms with E-state index in [-0.39, 0.29) is 79.3 Å². The van der Waals surface area contributed by atoms with Gasteiger partial charge in [-0.3, -0.25) is 0 Å². The van der Waals surface area contributed by atoms with Crippen LogP contribution in [0.5, 0.6) is 0 Å². The maximum atomic E-state index is 0. The van der Waals surface area contributed by atoms with Crippen molar-refractivity contribution in [1.82, 2.24) is 0 Å². The summed E-state index contributed by atoms with van der Waals surface area (Å²) in [4.78, 5) is 0. The van der Waals surface area contributed by atoms with Crippen molar-refractivity contribution >= 4 is 0 Å². The Labute approximate surface area is 78.4 Å². The molecule has 0 heterocycles. The van der Waals surface area contributed by atoms with Crippen LogP contribution in [-0.4, -0.2) is 0 Å². The summed E-state index contributed by atoms with van der Waals surface area (Å²) in [6.45, 7) is 0. The van der Waals surface area contributed by atoms with Gasteiger partial charge in [0.15, 0.2) is 0 Å². The summed E-state index contributed by atoms with van der Waals surface area (Å²) < 4.78 is 0. The van der Waals surface area contributed by atoms with E-state index in [1.807, 2.05) is 0 Å². The molecule has 0 aromatic heterocycles. The first-order valence-corrected chi connectivity index (χ1v) is 0. The van der Waals surface area contributed by atoms with Crippen molar-refractivity contribution in [2.24, 2.45) is 0 Å². The molecule has 0 unspecified atom stereocenters. The molecule has 4 heteroatoms. The molecular weight excluding hydrogens is 412 g/mol. The Morgan fingerprint density at radius 2 is 0.500 bits per heavy atom. The summed E-state index contributed by atoms with van der Waals surface area (Å²) >= 11 is 0. The van der Waals surface area contributed by atoms with Crippen LogP contribution in [0.25, 0.3) is 0 Å². The van der Waals surface area contributed by atoms with Crippen molar-refractivity contribution in [1.29, 1.82) is 0 Å². The molecule has 0 N–H and O–H groups in total. The SMILES string of the molecule is [HH].[Rh].[Rh].[Rh].[Rh]. The third kappa shape index (κ3) is 8.82. The molecule has 0 saturated heterocycles. The van der Waals surface area contributed by atoms with Crippen LogP contribution in [0.3, 0.4) is 0 Å². The fraction of sp³-hybridized carbons (Fsp3) is 0. The van der Waals surface area contributed by atoms with E-state index in [9.17, 15) is 0 Å². The Kier molecular flexibility index (Phi) is 141. The second-order valence-electron chi connectivity index (χ2n) is 0. The Morgan fingerprint density at radius 3 is 0.500 bits per heavy atom. The molecule has 0 fully saturated rings. The van der Waals surface area contributed by atoms with Gasteiger partial charge >= 0.3 is 0 Å². The zero-order valence-corrected chi connectivity index (χ0v) is 7.89. The first kappa shape index (κ1) is 31.5. The van der Waals surface area contributed by atoms with E-state index in [0.717, 1.165) is 0 Å². The van der Waals surface area contributed by atoms with E-state index < -0.39 is 0 Å². The molecule has 0 aromatic carbocycles. The van der Waals surface area contributed by atoms with Crippen LogP contribution in [-0.2, 0) is 77.9 Å². The van der Waals surface area contributed by atoms with Crippen LogP contribution in [0, 0.1) is 0 Å². The van der Waals surface area contributed by atoms with Gasteiger partial charge in [0, 0.05) is 79.3 Å². The van der Waals surface area contributed by atoms with Crippen molar-refractivity contribution in [3.8, 4) is 0 Å². The second kappa shape index (κ2) is 17.8. The van der Waals surface area contributed by atoms with E-state index in [0.29, 0.717) is 0 Å². The quantitative estimate of drug-likeness (QED) is 0.499. The molecule has 38 valence electrons. The summed E-state index contributed by atoms with van der Waals surface area (Å²) in [6, 6.07) is 0. The summed E-state index contributed by atoms with van der Waals surface area (Å²) in [5.74, 6) is 0. The van der Waals surface area contributed by atoms with Gasteiger partial charge < -0.3 is 0 Å². The van der Waals surface area contributed by atoms with Gasteiger partial charge in [0.05, 0.1) is 0 Å². The molecule has 0 bridgehead atoms. The summed E-state index contributed by atoms with van der Waals surface area (Å²) in [5, 5.41) is 0. The van der Waals surface area contributed by atoms with Gasteiger partial charge in [-0.05, 0) is 0 Å². The van der Waals surface area contributed by atoms with Gasteiger partial charge in [-0.15, -0.1) is 0 Å². The number of hydrogen-bond acceptors (Lipinski definition) is 0. The fourth-order valence-electron chi connectivity index (χ4n) is 0. The Bertz CT molecular complexity index is 3.61. The summed E-state index contributed by atoms with van der Waals surface area (Å²) in [6.07, 6.45) is 0. The molecule has 0 rings (SSSR count). The van der Waals surface area contributed by atoms with Gasteiger partial charge in [0.2, 0.25) is 0 Å². The third-order valence-electron chi connectivity index (χ3n) is 0. The third-order valence-corrected chi connectivity index (χ3v) is 0. The van der Waals surface area contributed by atoms with Crippen LogP contribution in [0.1, 0.15) is 1.43 Å². The molecule has 0 saturated carbocycles. The monoisotopic (exact) mass is 414 g/mol.